The molecule has 8 heteroatoms. The Hall–Kier alpha value is -2.15. The van der Waals surface area contributed by atoms with Gasteiger partial charge < -0.3 is 9.64 Å². The van der Waals surface area contributed by atoms with E-state index in [-0.39, 0.29) is 34.8 Å². The number of likely N-dealkylation sites (tertiary alicyclic amines) is 1. The minimum Gasteiger partial charge on any atom is -0.482 e. The van der Waals surface area contributed by atoms with Crippen molar-refractivity contribution in [3.8, 4) is 5.75 Å². The van der Waals surface area contributed by atoms with Crippen LogP contribution in [0.3, 0.4) is 0 Å². The van der Waals surface area contributed by atoms with E-state index >= 15 is 0 Å². The third kappa shape index (κ3) is 3.91. The minimum atomic E-state index is -0.564. The molecule has 1 aromatic carbocycles. The van der Waals surface area contributed by atoms with Crippen LogP contribution in [-0.4, -0.2) is 41.2 Å². The number of hydrogen-bond acceptors (Lipinski definition) is 5. The van der Waals surface area contributed by atoms with Gasteiger partial charge in [-0.1, -0.05) is 11.6 Å². The van der Waals surface area contributed by atoms with Crippen LogP contribution in [0.2, 0.25) is 5.02 Å². The van der Waals surface area contributed by atoms with E-state index in [1.165, 1.54) is 18.2 Å². The van der Waals surface area contributed by atoms with Gasteiger partial charge in [-0.25, -0.2) is 0 Å². The predicted octanol–water partition coefficient (Wildman–Crippen LogP) is 1.82. The van der Waals surface area contributed by atoms with Crippen LogP contribution in [0.5, 0.6) is 5.75 Å². The van der Waals surface area contributed by atoms with Crippen molar-refractivity contribution >= 4 is 29.0 Å². The molecule has 0 bridgehead atoms. The van der Waals surface area contributed by atoms with Gasteiger partial charge in [-0.2, -0.15) is 0 Å². The van der Waals surface area contributed by atoms with Crippen molar-refractivity contribution in [2.24, 2.45) is 0 Å². The molecule has 1 saturated heterocycles. The monoisotopic (exact) mass is 312 g/mol. The van der Waals surface area contributed by atoms with Gasteiger partial charge in [0.1, 0.15) is 11.5 Å². The van der Waals surface area contributed by atoms with Gasteiger partial charge in [0.05, 0.1) is 9.95 Å². The van der Waals surface area contributed by atoms with E-state index in [1.807, 2.05) is 0 Å². The summed E-state index contributed by atoms with van der Waals surface area (Å²) < 4.78 is 5.28. The van der Waals surface area contributed by atoms with Gasteiger partial charge in [0.15, 0.2) is 6.61 Å². The molecule has 0 spiro atoms. The largest absolute Gasteiger partial charge is 0.482 e. The summed E-state index contributed by atoms with van der Waals surface area (Å²) in [7, 11) is 0. The number of Topliss-reactive ketones (excluding diaryl/α,β-unsaturated/α-hetero) is 1. The zero-order valence-corrected chi connectivity index (χ0v) is 11.8. The molecular weight excluding hydrogens is 300 g/mol. The highest BCUT2D eigenvalue weighted by Crippen LogP contribution is 2.28. The van der Waals surface area contributed by atoms with Crippen molar-refractivity contribution in [3.05, 3.63) is 33.3 Å². The molecule has 1 aromatic rings. The molecule has 1 aliphatic heterocycles. The van der Waals surface area contributed by atoms with Crippen molar-refractivity contribution in [1.82, 2.24) is 4.90 Å². The molecule has 0 N–H and O–H groups in total. The fourth-order valence-corrected chi connectivity index (χ4v) is 2.19. The minimum absolute atomic E-state index is 0.0748. The number of non-ortho nitro benzene ring substituents is 1. The Bertz CT molecular complexity index is 580. The normalized spacial score (nSPS) is 14.9. The van der Waals surface area contributed by atoms with Crippen LogP contribution >= 0.6 is 11.6 Å². The Labute approximate surface area is 125 Å². The number of ether oxygens (including phenoxy) is 1. The summed E-state index contributed by atoms with van der Waals surface area (Å²) in [4.78, 5) is 34.6. The fourth-order valence-electron chi connectivity index (χ4n) is 1.96. The van der Waals surface area contributed by atoms with Crippen LogP contribution in [0.15, 0.2) is 18.2 Å². The molecule has 1 heterocycles. The average molecular weight is 313 g/mol. The summed E-state index contributed by atoms with van der Waals surface area (Å²) in [6.07, 6.45) is 0.730. The van der Waals surface area contributed by atoms with E-state index in [2.05, 4.69) is 0 Å². The SMILES string of the molecule is O=C1CCN(C(=O)COc2ccc([N+](=O)[O-])cc2Cl)CC1. The number of hydrogen-bond donors (Lipinski definition) is 0. The van der Waals surface area contributed by atoms with Crippen LogP contribution < -0.4 is 4.74 Å². The zero-order chi connectivity index (χ0) is 15.4. The molecule has 21 heavy (non-hydrogen) atoms. The standard InChI is InChI=1S/C13H13ClN2O5/c14-11-7-9(16(19)20)1-2-12(11)21-8-13(18)15-5-3-10(17)4-6-15/h1-2,7H,3-6,8H2. The zero-order valence-electron chi connectivity index (χ0n) is 11.1. The van der Waals surface area contributed by atoms with Gasteiger partial charge in [0.25, 0.3) is 11.6 Å². The number of benzene rings is 1. The number of ketones is 1. The molecule has 1 aliphatic rings. The Kier molecular flexibility index (Phi) is 4.74. The summed E-state index contributed by atoms with van der Waals surface area (Å²) in [5, 5.41) is 10.7. The lowest BCUT2D eigenvalue weighted by Gasteiger charge is -2.25. The van der Waals surface area contributed by atoms with Crippen molar-refractivity contribution < 1.29 is 19.2 Å². The van der Waals surface area contributed by atoms with Crippen molar-refractivity contribution in [1.29, 1.82) is 0 Å². The van der Waals surface area contributed by atoms with Gasteiger partial charge in [-0.15, -0.1) is 0 Å². The second-order valence-electron chi connectivity index (χ2n) is 4.58. The lowest BCUT2D eigenvalue weighted by atomic mass is 10.1. The molecule has 0 atom stereocenters. The summed E-state index contributed by atoms with van der Waals surface area (Å²) >= 11 is 5.86. The third-order valence-corrected chi connectivity index (χ3v) is 3.45. The van der Waals surface area contributed by atoms with Crippen LogP contribution in [0.4, 0.5) is 5.69 Å². The van der Waals surface area contributed by atoms with E-state index in [4.69, 9.17) is 16.3 Å². The molecule has 0 radical (unpaired) electrons. The van der Waals surface area contributed by atoms with Gasteiger partial charge in [-0.3, -0.25) is 19.7 Å². The first-order chi connectivity index (χ1) is 9.97. The van der Waals surface area contributed by atoms with E-state index in [1.54, 1.807) is 4.90 Å². The van der Waals surface area contributed by atoms with E-state index in [9.17, 15) is 19.7 Å². The molecule has 7 nitrogen and oxygen atoms in total. The fraction of sp³-hybridized carbons (Fsp3) is 0.385. The van der Waals surface area contributed by atoms with Crippen LogP contribution in [0.25, 0.3) is 0 Å². The Morgan fingerprint density at radius 2 is 2.05 bits per heavy atom. The highest BCUT2D eigenvalue weighted by atomic mass is 35.5. The number of halogens is 1. The first-order valence-electron chi connectivity index (χ1n) is 6.33. The van der Waals surface area contributed by atoms with Crippen LogP contribution in [-0.2, 0) is 9.59 Å². The Balaban J connectivity index is 1.92. The highest BCUT2D eigenvalue weighted by Gasteiger charge is 2.21. The highest BCUT2D eigenvalue weighted by molar-refractivity contribution is 6.32. The summed E-state index contributed by atoms with van der Waals surface area (Å²) in [5.74, 6) is 0.124. The molecule has 0 aromatic heterocycles. The number of carbonyl (C=O) groups is 2. The average Bonchev–Trinajstić information content (AvgIpc) is 2.46. The molecule has 112 valence electrons. The van der Waals surface area contributed by atoms with Crippen molar-refractivity contribution in [2.45, 2.75) is 12.8 Å². The second kappa shape index (κ2) is 6.53. The second-order valence-corrected chi connectivity index (χ2v) is 4.99. The summed E-state index contributed by atoms with van der Waals surface area (Å²) in [6, 6.07) is 3.78. The number of nitro groups is 1. The molecular formula is C13H13ClN2O5. The first-order valence-corrected chi connectivity index (χ1v) is 6.71. The van der Waals surface area contributed by atoms with E-state index in [0.29, 0.717) is 25.9 Å². The predicted molar refractivity (Wildman–Crippen MR) is 74.4 cm³/mol. The molecule has 0 aliphatic carbocycles. The van der Waals surface area contributed by atoms with E-state index < -0.39 is 4.92 Å². The molecule has 0 unspecified atom stereocenters. The number of nitrogens with zero attached hydrogens (tertiary/aromatic N) is 2. The van der Waals surface area contributed by atoms with Crippen LogP contribution in [0.1, 0.15) is 12.8 Å². The maximum atomic E-state index is 11.9. The van der Waals surface area contributed by atoms with Gasteiger partial charge >= 0.3 is 0 Å². The molecule has 1 amide bonds. The van der Waals surface area contributed by atoms with Gasteiger partial charge in [0, 0.05) is 38.1 Å². The van der Waals surface area contributed by atoms with Crippen LogP contribution in [0, 0.1) is 10.1 Å². The lowest BCUT2D eigenvalue weighted by molar-refractivity contribution is -0.384. The lowest BCUT2D eigenvalue weighted by Crippen LogP contribution is -2.41. The number of carbonyl (C=O) groups excluding carboxylic acids is 2. The quantitative estimate of drug-likeness (QED) is 0.625. The smallest absolute Gasteiger partial charge is 0.271 e. The molecule has 2 rings (SSSR count). The van der Waals surface area contributed by atoms with Gasteiger partial charge in [-0.05, 0) is 6.07 Å². The number of amides is 1. The number of nitro benzene ring substituents is 1. The maximum Gasteiger partial charge on any atom is 0.271 e. The van der Waals surface area contributed by atoms with E-state index in [0.717, 1.165) is 0 Å². The van der Waals surface area contributed by atoms with Crippen molar-refractivity contribution in [3.63, 3.8) is 0 Å². The van der Waals surface area contributed by atoms with Gasteiger partial charge in [0.2, 0.25) is 0 Å². The number of piperidine rings is 1. The topological polar surface area (TPSA) is 89.8 Å². The first kappa shape index (κ1) is 15.2. The number of rotatable bonds is 4. The molecule has 0 saturated carbocycles. The Morgan fingerprint density at radius 1 is 1.38 bits per heavy atom. The molecule has 1 fully saturated rings. The Morgan fingerprint density at radius 3 is 2.62 bits per heavy atom. The third-order valence-electron chi connectivity index (χ3n) is 3.15. The summed E-state index contributed by atoms with van der Waals surface area (Å²) in [5.41, 5.74) is -0.145. The van der Waals surface area contributed by atoms with Crippen molar-refractivity contribution in [2.75, 3.05) is 19.7 Å². The summed E-state index contributed by atoms with van der Waals surface area (Å²) in [6.45, 7) is 0.579. The maximum absolute atomic E-state index is 11.9.